The molecule has 0 spiro atoms. The maximum atomic E-state index is 10.2. The Morgan fingerprint density at radius 3 is 2.86 bits per heavy atom. The van der Waals surface area contributed by atoms with Crippen LogP contribution in [0.1, 0.15) is 22.4 Å². The molecule has 0 saturated heterocycles. The third kappa shape index (κ3) is 3.67. The number of β-amino-alcohol motifs (C(OH)–C–C–N with tert-alkyl or cyclic N) is 1. The van der Waals surface area contributed by atoms with Crippen LogP contribution in [0, 0.1) is 13.8 Å². The first-order chi connectivity index (χ1) is 10.6. The Balaban J connectivity index is 1.49. The normalized spacial score (nSPS) is 16.3. The quantitative estimate of drug-likeness (QED) is 0.884. The molecule has 0 radical (unpaired) electrons. The van der Waals surface area contributed by atoms with Gasteiger partial charge < -0.3 is 9.84 Å². The van der Waals surface area contributed by atoms with Crippen LogP contribution < -0.4 is 4.74 Å². The van der Waals surface area contributed by atoms with Gasteiger partial charge in [0.2, 0.25) is 0 Å². The van der Waals surface area contributed by atoms with Crippen molar-refractivity contribution in [1.82, 2.24) is 15.1 Å². The summed E-state index contributed by atoms with van der Waals surface area (Å²) < 4.78 is 5.73. The van der Waals surface area contributed by atoms with Gasteiger partial charge in [-0.2, -0.15) is 5.10 Å². The lowest BCUT2D eigenvalue weighted by molar-refractivity contribution is 0.0636. The van der Waals surface area contributed by atoms with Crippen LogP contribution in [0.3, 0.4) is 0 Å². The fourth-order valence-corrected chi connectivity index (χ4v) is 3.00. The minimum atomic E-state index is -0.491. The van der Waals surface area contributed by atoms with Gasteiger partial charge in [-0.15, -0.1) is 0 Å². The topological polar surface area (TPSA) is 61.4 Å². The van der Waals surface area contributed by atoms with Gasteiger partial charge in [0, 0.05) is 37.3 Å². The number of aryl methyl sites for hydroxylation is 2. The van der Waals surface area contributed by atoms with E-state index in [1.54, 1.807) is 0 Å². The number of ether oxygens (including phenoxy) is 1. The zero-order valence-electron chi connectivity index (χ0n) is 13.2. The summed E-state index contributed by atoms with van der Waals surface area (Å²) in [6, 6.07) is 6.11. The van der Waals surface area contributed by atoms with E-state index in [2.05, 4.69) is 21.2 Å². The summed E-state index contributed by atoms with van der Waals surface area (Å²) in [5.74, 6) is 0.826. The smallest absolute Gasteiger partial charge is 0.119 e. The highest BCUT2D eigenvalue weighted by Crippen LogP contribution is 2.18. The molecule has 1 aromatic carbocycles. The molecule has 1 aliphatic heterocycles. The maximum Gasteiger partial charge on any atom is 0.119 e. The van der Waals surface area contributed by atoms with Crippen LogP contribution in [0.4, 0.5) is 0 Å². The number of benzene rings is 1. The molecule has 118 valence electrons. The number of rotatable bonds is 5. The number of hydrogen-bond donors (Lipinski definition) is 2. The van der Waals surface area contributed by atoms with Crippen LogP contribution >= 0.6 is 0 Å². The first-order valence-electron chi connectivity index (χ1n) is 7.73. The van der Waals surface area contributed by atoms with Gasteiger partial charge in [-0.1, -0.05) is 6.07 Å². The Bertz CT molecular complexity index is 618. The van der Waals surface area contributed by atoms with Crippen LogP contribution in [-0.4, -0.2) is 46.0 Å². The van der Waals surface area contributed by atoms with Crippen molar-refractivity contribution in [3.8, 4) is 5.75 Å². The van der Waals surface area contributed by atoms with Gasteiger partial charge in [-0.3, -0.25) is 10.00 Å². The van der Waals surface area contributed by atoms with Gasteiger partial charge >= 0.3 is 0 Å². The Kier molecular flexibility index (Phi) is 4.45. The predicted octanol–water partition coefficient (Wildman–Crippen LogP) is 1.82. The second-order valence-corrected chi connectivity index (χ2v) is 6.15. The van der Waals surface area contributed by atoms with Crippen LogP contribution in [0.25, 0.3) is 0 Å². The number of hydrogen-bond acceptors (Lipinski definition) is 4. The standard InChI is InChI=1S/C17H23N3O2/c1-12-5-13(2)7-16(6-12)22-11-15(21)10-20-4-3-17-14(9-20)8-18-19-17/h5-8,15,21H,3-4,9-11H2,1-2H3,(H,18,19). The molecule has 0 amide bonds. The number of nitrogens with one attached hydrogen (secondary N) is 1. The monoisotopic (exact) mass is 301 g/mol. The minimum absolute atomic E-state index is 0.317. The van der Waals surface area contributed by atoms with Crippen molar-refractivity contribution in [2.45, 2.75) is 32.9 Å². The number of H-pyrrole nitrogens is 1. The predicted molar refractivity (Wildman–Crippen MR) is 85.0 cm³/mol. The SMILES string of the molecule is Cc1cc(C)cc(OCC(O)CN2CCc3[nH]ncc3C2)c1. The molecule has 0 aliphatic carbocycles. The van der Waals surface area contributed by atoms with Crippen molar-refractivity contribution in [2.24, 2.45) is 0 Å². The molecule has 2 N–H and O–H groups in total. The van der Waals surface area contributed by atoms with Gasteiger partial charge in [-0.05, 0) is 37.1 Å². The Labute approximate surface area is 130 Å². The van der Waals surface area contributed by atoms with Crippen molar-refractivity contribution in [2.75, 3.05) is 19.7 Å². The van der Waals surface area contributed by atoms with Crippen molar-refractivity contribution in [3.05, 3.63) is 46.8 Å². The number of aromatic amines is 1. The van der Waals surface area contributed by atoms with Crippen molar-refractivity contribution in [3.63, 3.8) is 0 Å². The molecule has 5 heteroatoms. The Hall–Kier alpha value is -1.85. The molecule has 3 rings (SSSR count). The highest BCUT2D eigenvalue weighted by Gasteiger charge is 2.20. The number of fused-ring (bicyclic) bond motifs is 1. The van der Waals surface area contributed by atoms with E-state index in [1.807, 2.05) is 32.2 Å². The van der Waals surface area contributed by atoms with Gasteiger partial charge in [0.05, 0.1) is 6.20 Å². The molecule has 2 heterocycles. The average Bonchev–Trinajstić information content (AvgIpc) is 2.92. The summed E-state index contributed by atoms with van der Waals surface area (Å²) in [5.41, 5.74) is 4.80. The van der Waals surface area contributed by atoms with Crippen molar-refractivity contribution < 1.29 is 9.84 Å². The van der Waals surface area contributed by atoms with E-state index < -0.39 is 6.10 Å². The second kappa shape index (κ2) is 6.50. The number of aliphatic hydroxyl groups is 1. The first-order valence-corrected chi connectivity index (χ1v) is 7.73. The van der Waals surface area contributed by atoms with E-state index in [0.29, 0.717) is 13.2 Å². The zero-order chi connectivity index (χ0) is 15.5. The van der Waals surface area contributed by atoms with E-state index >= 15 is 0 Å². The lowest BCUT2D eigenvalue weighted by Gasteiger charge is -2.28. The zero-order valence-corrected chi connectivity index (χ0v) is 13.2. The van der Waals surface area contributed by atoms with Crippen LogP contribution in [0.5, 0.6) is 5.75 Å². The molecule has 1 unspecified atom stereocenters. The number of nitrogens with zero attached hydrogens (tertiary/aromatic N) is 2. The summed E-state index contributed by atoms with van der Waals surface area (Å²) in [6.45, 7) is 6.81. The van der Waals surface area contributed by atoms with Crippen LogP contribution in [0.15, 0.2) is 24.4 Å². The number of aliphatic hydroxyl groups excluding tert-OH is 1. The molecule has 2 aromatic rings. The lowest BCUT2D eigenvalue weighted by Crippen LogP contribution is -2.38. The van der Waals surface area contributed by atoms with E-state index in [9.17, 15) is 5.11 Å². The van der Waals surface area contributed by atoms with E-state index in [0.717, 1.165) is 25.3 Å². The van der Waals surface area contributed by atoms with Gasteiger partial charge in [0.1, 0.15) is 18.5 Å². The highest BCUT2D eigenvalue weighted by molar-refractivity contribution is 5.33. The summed E-state index contributed by atoms with van der Waals surface area (Å²) >= 11 is 0. The Morgan fingerprint density at radius 2 is 2.09 bits per heavy atom. The van der Waals surface area contributed by atoms with Crippen molar-refractivity contribution in [1.29, 1.82) is 0 Å². The minimum Gasteiger partial charge on any atom is -0.491 e. The average molecular weight is 301 g/mol. The third-order valence-corrected chi connectivity index (χ3v) is 3.99. The molecule has 0 saturated carbocycles. The van der Waals surface area contributed by atoms with Crippen molar-refractivity contribution >= 4 is 0 Å². The molecular formula is C17H23N3O2. The van der Waals surface area contributed by atoms with Gasteiger partial charge in [0.15, 0.2) is 0 Å². The highest BCUT2D eigenvalue weighted by atomic mass is 16.5. The van der Waals surface area contributed by atoms with Crippen LogP contribution in [-0.2, 0) is 13.0 Å². The largest absolute Gasteiger partial charge is 0.491 e. The molecule has 0 bridgehead atoms. The summed E-state index contributed by atoms with van der Waals surface area (Å²) in [5, 5.41) is 17.3. The fourth-order valence-electron chi connectivity index (χ4n) is 3.00. The van der Waals surface area contributed by atoms with Crippen LogP contribution in [0.2, 0.25) is 0 Å². The van der Waals surface area contributed by atoms with Gasteiger partial charge in [-0.25, -0.2) is 0 Å². The Morgan fingerprint density at radius 1 is 1.32 bits per heavy atom. The molecule has 1 aliphatic rings. The summed E-state index contributed by atoms with van der Waals surface area (Å²) in [6.07, 6.45) is 2.34. The molecule has 22 heavy (non-hydrogen) atoms. The lowest BCUT2D eigenvalue weighted by atomic mass is 10.1. The number of aromatic nitrogens is 2. The molecule has 0 fully saturated rings. The molecule has 5 nitrogen and oxygen atoms in total. The van der Waals surface area contributed by atoms with E-state index in [-0.39, 0.29) is 0 Å². The maximum absolute atomic E-state index is 10.2. The second-order valence-electron chi connectivity index (χ2n) is 6.15. The third-order valence-electron chi connectivity index (χ3n) is 3.99. The fraction of sp³-hybridized carbons (Fsp3) is 0.471. The summed E-state index contributed by atoms with van der Waals surface area (Å²) in [4.78, 5) is 2.24. The molecule has 1 aromatic heterocycles. The van der Waals surface area contributed by atoms with E-state index in [1.165, 1.54) is 22.4 Å². The molecular weight excluding hydrogens is 278 g/mol. The first kappa shape index (κ1) is 15.1. The summed E-state index contributed by atoms with van der Waals surface area (Å²) in [7, 11) is 0. The molecule has 1 atom stereocenters. The van der Waals surface area contributed by atoms with Gasteiger partial charge in [0.25, 0.3) is 0 Å². The van der Waals surface area contributed by atoms with E-state index in [4.69, 9.17) is 4.74 Å².